The van der Waals surface area contributed by atoms with E-state index in [0.717, 1.165) is 18.8 Å². The van der Waals surface area contributed by atoms with E-state index in [2.05, 4.69) is 69.0 Å². The molecule has 0 bridgehead atoms. The zero-order chi connectivity index (χ0) is 13.6. The molecule has 1 aromatic carbocycles. The lowest BCUT2D eigenvalue weighted by atomic mass is 10.0. The van der Waals surface area contributed by atoms with Crippen LogP contribution in [0.1, 0.15) is 28.7 Å². The standard InChI is InChI=1S/C15H20N3P/c1-10-4-5-12(14(19)6-10)13-8-18-7-11(2)16-15(18)9-17(13)3/h4-7,13H,8-9,19H2,1-3H3. The summed E-state index contributed by atoms with van der Waals surface area (Å²) in [7, 11) is 5.06. The summed E-state index contributed by atoms with van der Waals surface area (Å²) in [4.78, 5) is 6.97. The highest BCUT2D eigenvalue weighted by atomic mass is 31.0. The van der Waals surface area contributed by atoms with Crippen molar-refractivity contribution in [2.45, 2.75) is 33.0 Å². The van der Waals surface area contributed by atoms with Crippen LogP contribution in [0.15, 0.2) is 24.4 Å². The van der Waals surface area contributed by atoms with E-state index in [4.69, 9.17) is 0 Å². The van der Waals surface area contributed by atoms with Crippen LogP contribution in [-0.4, -0.2) is 21.5 Å². The summed E-state index contributed by atoms with van der Waals surface area (Å²) >= 11 is 0. The van der Waals surface area contributed by atoms with Crippen molar-refractivity contribution in [1.82, 2.24) is 14.5 Å². The molecular weight excluding hydrogens is 253 g/mol. The molecule has 4 heteroatoms. The van der Waals surface area contributed by atoms with Gasteiger partial charge in [-0.05, 0) is 31.8 Å². The number of benzene rings is 1. The fraction of sp³-hybridized carbons (Fsp3) is 0.400. The number of likely N-dealkylation sites (N-methyl/N-ethyl adjacent to an activating group) is 1. The molecule has 100 valence electrons. The van der Waals surface area contributed by atoms with Crippen LogP contribution in [0, 0.1) is 13.8 Å². The Morgan fingerprint density at radius 3 is 2.84 bits per heavy atom. The maximum atomic E-state index is 4.58. The molecule has 3 nitrogen and oxygen atoms in total. The third-order valence-electron chi connectivity index (χ3n) is 3.87. The van der Waals surface area contributed by atoms with E-state index < -0.39 is 0 Å². The van der Waals surface area contributed by atoms with Gasteiger partial charge in [0.25, 0.3) is 0 Å². The van der Waals surface area contributed by atoms with Crippen LogP contribution in [0.5, 0.6) is 0 Å². The van der Waals surface area contributed by atoms with Gasteiger partial charge < -0.3 is 4.57 Å². The summed E-state index contributed by atoms with van der Waals surface area (Å²) in [5.41, 5.74) is 3.82. The average Bonchev–Trinajstić information content (AvgIpc) is 2.68. The van der Waals surface area contributed by atoms with E-state index in [1.165, 1.54) is 22.3 Å². The van der Waals surface area contributed by atoms with Crippen LogP contribution in [0.4, 0.5) is 0 Å². The number of imidazole rings is 1. The predicted octanol–water partition coefficient (Wildman–Crippen LogP) is 2.19. The van der Waals surface area contributed by atoms with Gasteiger partial charge in [-0.1, -0.05) is 23.8 Å². The van der Waals surface area contributed by atoms with Crippen LogP contribution in [0.25, 0.3) is 0 Å². The first-order valence-corrected chi connectivity index (χ1v) is 7.21. The molecule has 3 rings (SSSR count). The van der Waals surface area contributed by atoms with Gasteiger partial charge in [0.1, 0.15) is 5.82 Å². The van der Waals surface area contributed by atoms with E-state index in [1.807, 2.05) is 0 Å². The number of aromatic nitrogens is 2. The van der Waals surface area contributed by atoms with E-state index in [1.54, 1.807) is 0 Å². The third-order valence-corrected chi connectivity index (χ3v) is 4.37. The number of nitrogens with zero attached hydrogens (tertiary/aromatic N) is 3. The quantitative estimate of drug-likeness (QED) is 0.743. The van der Waals surface area contributed by atoms with Gasteiger partial charge in [0.05, 0.1) is 18.3 Å². The number of fused-ring (bicyclic) bond motifs is 1. The molecule has 2 heterocycles. The minimum atomic E-state index is 0.425. The molecule has 1 aliphatic heterocycles. The Bertz CT molecular complexity index is 618. The third kappa shape index (κ3) is 2.33. The summed E-state index contributed by atoms with van der Waals surface area (Å²) < 4.78 is 2.30. The second kappa shape index (κ2) is 4.73. The Hall–Kier alpha value is -1.18. The molecule has 2 aromatic rings. The monoisotopic (exact) mass is 273 g/mol. The van der Waals surface area contributed by atoms with Gasteiger partial charge in [-0.3, -0.25) is 4.90 Å². The first-order chi connectivity index (χ1) is 9.04. The van der Waals surface area contributed by atoms with Gasteiger partial charge in [0.15, 0.2) is 0 Å². The predicted molar refractivity (Wildman–Crippen MR) is 81.7 cm³/mol. The van der Waals surface area contributed by atoms with Crippen LogP contribution >= 0.6 is 9.24 Å². The molecular formula is C15H20N3P. The lowest BCUT2D eigenvalue weighted by molar-refractivity contribution is 0.175. The second-order valence-electron chi connectivity index (χ2n) is 5.51. The van der Waals surface area contributed by atoms with Gasteiger partial charge in [-0.2, -0.15) is 0 Å². The van der Waals surface area contributed by atoms with Crippen molar-refractivity contribution in [2.24, 2.45) is 0 Å². The molecule has 0 N–H and O–H groups in total. The number of aryl methyl sites for hydroxylation is 2. The molecule has 0 saturated heterocycles. The maximum Gasteiger partial charge on any atom is 0.123 e. The molecule has 1 aromatic heterocycles. The highest BCUT2D eigenvalue weighted by molar-refractivity contribution is 7.27. The highest BCUT2D eigenvalue weighted by Crippen LogP contribution is 2.28. The molecule has 0 amide bonds. The summed E-state index contributed by atoms with van der Waals surface area (Å²) in [5, 5.41) is 1.30. The van der Waals surface area contributed by atoms with Crippen molar-refractivity contribution in [3.8, 4) is 0 Å². The zero-order valence-electron chi connectivity index (χ0n) is 11.7. The average molecular weight is 273 g/mol. The van der Waals surface area contributed by atoms with Crippen molar-refractivity contribution >= 4 is 14.5 Å². The Morgan fingerprint density at radius 1 is 1.32 bits per heavy atom. The van der Waals surface area contributed by atoms with E-state index in [-0.39, 0.29) is 0 Å². The molecule has 1 aliphatic rings. The Morgan fingerprint density at radius 2 is 2.11 bits per heavy atom. The first kappa shape index (κ1) is 12.8. The molecule has 0 spiro atoms. The van der Waals surface area contributed by atoms with E-state index in [0.29, 0.717) is 6.04 Å². The van der Waals surface area contributed by atoms with Crippen molar-refractivity contribution < 1.29 is 0 Å². The number of hydrogen-bond donors (Lipinski definition) is 0. The van der Waals surface area contributed by atoms with Crippen molar-refractivity contribution in [2.75, 3.05) is 7.05 Å². The molecule has 0 aliphatic carbocycles. The highest BCUT2D eigenvalue weighted by Gasteiger charge is 2.26. The molecule has 2 atom stereocenters. The normalized spacial score (nSPS) is 19.5. The lowest BCUT2D eigenvalue weighted by Gasteiger charge is -2.34. The SMILES string of the molecule is Cc1ccc(C2Cn3cc(C)nc3CN2C)c(P)c1. The second-order valence-corrected chi connectivity index (χ2v) is 6.14. The van der Waals surface area contributed by atoms with Crippen molar-refractivity contribution in [1.29, 1.82) is 0 Å². The molecule has 0 saturated carbocycles. The molecule has 19 heavy (non-hydrogen) atoms. The summed E-state index contributed by atoms with van der Waals surface area (Å²) in [6.07, 6.45) is 2.16. The minimum absolute atomic E-state index is 0.425. The summed E-state index contributed by atoms with van der Waals surface area (Å²) in [5.74, 6) is 1.17. The van der Waals surface area contributed by atoms with Crippen LogP contribution in [0.2, 0.25) is 0 Å². The van der Waals surface area contributed by atoms with E-state index in [9.17, 15) is 0 Å². The summed E-state index contributed by atoms with van der Waals surface area (Å²) in [6.45, 7) is 6.10. The van der Waals surface area contributed by atoms with Crippen LogP contribution in [0.3, 0.4) is 0 Å². The molecule has 0 radical (unpaired) electrons. The van der Waals surface area contributed by atoms with Crippen molar-refractivity contribution in [3.05, 3.63) is 47.0 Å². The Labute approximate surface area is 116 Å². The number of rotatable bonds is 1. The molecule has 2 unspecified atom stereocenters. The van der Waals surface area contributed by atoms with Gasteiger partial charge in [0.2, 0.25) is 0 Å². The smallest absolute Gasteiger partial charge is 0.123 e. The lowest BCUT2D eigenvalue weighted by Crippen LogP contribution is -2.35. The van der Waals surface area contributed by atoms with Crippen LogP contribution in [-0.2, 0) is 13.1 Å². The fourth-order valence-electron chi connectivity index (χ4n) is 2.87. The van der Waals surface area contributed by atoms with E-state index >= 15 is 0 Å². The van der Waals surface area contributed by atoms with Crippen LogP contribution < -0.4 is 5.30 Å². The van der Waals surface area contributed by atoms with Gasteiger partial charge in [-0.15, -0.1) is 9.24 Å². The largest absolute Gasteiger partial charge is 0.332 e. The minimum Gasteiger partial charge on any atom is -0.332 e. The topological polar surface area (TPSA) is 21.1 Å². The van der Waals surface area contributed by atoms with Gasteiger partial charge >= 0.3 is 0 Å². The maximum absolute atomic E-state index is 4.58. The van der Waals surface area contributed by atoms with Crippen molar-refractivity contribution in [3.63, 3.8) is 0 Å². The number of hydrogen-bond acceptors (Lipinski definition) is 2. The molecule has 0 fully saturated rings. The summed E-state index contributed by atoms with van der Waals surface area (Å²) in [6, 6.07) is 7.12. The van der Waals surface area contributed by atoms with Gasteiger partial charge in [0, 0.05) is 12.7 Å². The zero-order valence-corrected chi connectivity index (χ0v) is 12.9. The Kier molecular flexibility index (Phi) is 3.20. The first-order valence-electron chi connectivity index (χ1n) is 6.63. The fourth-order valence-corrected chi connectivity index (χ4v) is 3.42. The van der Waals surface area contributed by atoms with Gasteiger partial charge in [-0.25, -0.2) is 4.98 Å². The Balaban J connectivity index is 1.97.